The van der Waals surface area contributed by atoms with Crippen LogP contribution in [0.15, 0.2) is 42.5 Å². The minimum Gasteiger partial charge on any atom is -0.493 e. The number of benzene rings is 2. The fraction of sp³-hybridized carbons (Fsp3) is 0.500. The van der Waals surface area contributed by atoms with Crippen molar-refractivity contribution in [2.24, 2.45) is 5.41 Å². The van der Waals surface area contributed by atoms with Crippen molar-refractivity contribution in [3.63, 3.8) is 0 Å². The number of ether oxygens (including phenoxy) is 5. The van der Waals surface area contributed by atoms with E-state index in [1.807, 2.05) is 0 Å². The molecule has 12 heteroatoms. The molecular weight excluding hydrogens is 564 g/mol. The van der Waals surface area contributed by atoms with Gasteiger partial charge in [-0.2, -0.15) is 13.2 Å². The van der Waals surface area contributed by atoms with Crippen LogP contribution in [0.4, 0.5) is 17.6 Å². The Morgan fingerprint density at radius 2 is 1.62 bits per heavy atom. The van der Waals surface area contributed by atoms with Gasteiger partial charge in [0, 0.05) is 33.6 Å². The minimum atomic E-state index is -4.31. The van der Waals surface area contributed by atoms with Gasteiger partial charge in [0.1, 0.15) is 42.4 Å². The zero-order chi connectivity index (χ0) is 30.7. The highest BCUT2D eigenvalue weighted by Gasteiger charge is 2.63. The fourth-order valence-corrected chi connectivity index (χ4v) is 4.88. The maximum Gasteiger partial charge on any atom is 0.397 e. The van der Waals surface area contributed by atoms with Crippen LogP contribution in [-0.4, -0.2) is 55.6 Å². The molecule has 228 valence electrons. The van der Waals surface area contributed by atoms with E-state index in [9.17, 15) is 31.9 Å². The van der Waals surface area contributed by atoms with Crippen LogP contribution in [0.2, 0.25) is 0 Å². The molecule has 0 bridgehead atoms. The predicted molar refractivity (Wildman–Crippen MR) is 139 cm³/mol. The van der Waals surface area contributed by atoms with Gasteiger partial charge >= 0.3 is 24.1 Å². The summed E-state index contributed by atoms with van der Waals surface area (Å²) in [5.74, 6) is -2.03. The number of alkyl halides is 3. The minimum absolute atomic E-state index is 0.0471. The average Bonchev–Trinajstić information content (AvgIpc) is 3.70. The Labute approximate surface area is 240 Å². The predicted octanol–water partition coefficient (Wildman–Crippen LogP) is 5.39. The van der Waals surface area contributed by atoms with E-state index < -0.39 is 66.3 Å². The molecule has 2 aliphatic rings. The van der Waals surface area contributed by atoms with Crippen LogP contribution < -0.4 is 4.74 Å². The van der Waals surface area contributed by atoms with Gasteiger partial charge in [0.05, 0.1) is 6.10 Å². The lowest BCUT2D eigenvalue weighted by molar-refractivity contribution is -0.216. The first-order valence-corrected chi connectivity index (χ1v) is 13.5. The van der Waals surface area contributed by atoms with E-state index in [4.69, 9.17) is 23.7 Å². The monoisotopic (exact) mass is 596 g/mol. The second-order valence-electron chi connectivity index (χ2n) is 10.7. The molecule has 4 rings (SSSR count). The third kappa shape index (κ3) is 7.78. The molecular formula is C30H32F4O8. The van der Waals surface area contributed by atoms with Gasteiger partial charge in [-0.3, -0.25) is 14.4 Å². The van der Waals surface area contributed by atoms with Crippen LogP contribution in [0.5, 0.6) is 5.75 Å². The van der Waals surface area contributed by atoms with Crippen molar-refractivity contribution in [1.29, 1.82) is 0 Å². The summed E-state index contributed by atoms with van der Waals surface area (Å²) in [7, 11) is 0. The molecule has 42 heavy (non-hydrogen) atoms. The van der Waals surface area contributed by atoms with Crippen molar-refractivity contribution in [2.75, 3.05) is 13.2 Å². The van der Waals surface area contributed by atoms with Crippen LogP contribution in [0, 0.1) is 11.2 Å². The Balaban J connectivity index is 1.49. The van der Waals surface area contributed by atoms with Crippen LogP contribution >= 0.6 is 0 Å². The van der Waals surface area contributed by atoms with Crippen LogP contribution in [0.3, 0.4) is 0 Å². The number of hydrogen-bond donors (Lipinski definition) is 0. The summed E-state index contributed by atoms with van der Waals surface area (Å²) in [4.78, 5) is 35.0. The van der Waals surface area contributed by atoms with E-state index in [0.717, 1.165) is 0 Å². The third-order valence-corrected chi connectivity index (χ3v) is 7.32. The van der Waals surface area contributed by atoms with E-state index >= 15 is 0 Å². The normalized spacial score (nSPS) is 23.0. The van der Waals surface area contributed by atoms with E-state index in [1.165, 1.54) is 32.9 Å². The maximum atomic E-state index is 14.9. The molecule has 1 saturated carbocycles. The van der Waals surface area contributed by atoms with Crippen molar-refractivity contribution < 1.29 is 55.6 Å². The molecule has 0 N–H and O–H groups in total. The molecule has 0 spiro atoms. The molecule has 0 amide bonds. The molecule has 2 aromatic carbocycles. The molecule has 0 radical (unpaired) electrons. The van der Waals surface area contributed by atoms with E-state index in [2.05, 4.69) is 0 Å². The number of carbonyl (C=O) groups excluding carboxylic acids is 3. The van der Waals surface area contributed by atoms with Gasteiger partial charge < -0.3 is 23.7 Å². The zero-order valence-electron chi connectivity index (χ0n) is 23.4. The zero-order valence-corrected chi connectivity index (χ0v) is 23.4. The molecule has 8 nitrogen and oxygen atoms in total. The highest BCUT2D eigenvalue weighted by Crippen LogP contribution is 2.57. The second-order valence-corrected chi connectivity index (χ2v) is 10.7. The average molecular weight is 597 g/mol. The summed E-state index contributed by atoms with van der Waals surface area (Å²) >= 11 is 0. The largest absolute Gasteiger partial charge is 0.493 e. The molecule has 1 saturated heterocycles. The summed E-state index contributed by atoms with van der Waals surface area (Å²) in [6.07, 6.45) is -7.60. The topological polar surface area (TPSA) is 97.4 Å². The van der Waals surface area contributed by atoms with Crippen molar-refractivity contribution in [3.05, 3.63) is 65.0 Å². The summed E-state index contributed by atoms with van der Waals surface area (Å²) in [5, 5.41) is 0. The van der Waals surface area contributed by atoms with Gasteiger partial charge in [-0.25, -0.2) is 4.39 Å². The van der Waals surface area contributed by atoms with Gasteiger partial charge in [-0.1, -0.05) is 18.2 Å². The quantitative estimate of drug-likeness (QED) is 0.205. The lowest BCUT2D eigenvalue weighted by atomic mass is 9.92. The molecule has 2 fully saturated rings. The first kappa shape index (κ1) is 31.3. The summed E-state index contributed by atoms with van der Waals surface area (Å²) in [6, 6.07) is 10.8. The van der Waals surface area contributed by atoms with E-state index in [1.54, 1.807) is 30.3 Å². The van der Waals surface area contributed by atoms with E-state index in [-0.39, 0.29) is 38.0 Å². The number of rotatable bonds is 10. The van der Waals surface area contributed by atoms with Crippen molar-refractivity contribution >= 4 is 17.9 Å². The molecule has 0 unspecified atom stereocenters. The molecule has 2 aromatic rings. The molecule has 1 aliphatic carbocycles. The SMILES string of the molecule is CC(=O)OC[C@H]1O[C@@H](c2ccc(F)c(Cc3ccc(OCC4(C(F)(F)F)CC4)cc3)c2)C[C@@H](OC(C)=O)[C@@H]1OC(C)=O. The van der Waals surface area contributed by atoms with Crippen molar-refractivity contribution in [2.45, 2.75) is 77.0 Å². The van der Waals surface area contributed by atoms with Crippen LogP contribution in [0.1, 0.15) is 62.8 Å². The Hall–Kier alpha value is -3.67. The Morgan fingerprint density at radius 3 is 2.19 bits per heavy atom. The number of halogens is 4. The number of carbonyl (C=O) groups is 3. The van der Waals surface area contributed by atoms with E-state index in [0.29, 0.717) is 16.7 Å². The first-order chi connectivity index (χ1) is 19.8. The van der Waals surface area contributed by atoms with Crippen LogP contribution in [0.25, 0.3) is 0 Å². The number of hydrogen-bond acceptors (Lipinski definition) is 8. The highest BCUT2D eigenvalue weighted by atomic mass is 19.4. The fourth-order valence-electron chi connectivity index (χ4n) is 4.88. The Morgan fingerprint density at radius 1 is 0.952 bits per heavy atom. The smallest absolute Gasteiger partial charge is 0.397 e. The number of esters is 3. The van der Waals surface area contributed by atoms with Gasteiger partial charge in [-0.15, -0.1) is 0 Å². The highest BCUT2D eigenvalue weighted by molar-refractivity contribution is 5.67. The first-order valence-electron chi connectivity index (χ1n) is 13.5. The van der Waals surface area contributed by atoms with Gasteiger partial charge in [-0.05, 0) is 53.8 Å². The molecule has 0 aromatic heterocycles. The second kappa shape index (κ2) is 12.7. The van der Waals surface area contributed by atoms with Crippen molar-refractivity contribution in [1.82, 2.24) is 0 Å². The Kier molecular flexibility index (Phi) is 9.44. The summed E-state index contributed by atoms with van der Waals surface area (Å²) in [6.45, 7) is 2.90. The maximum absolute atomic E-state index is 14.9. The van der Waals surface area contributed by atoms with Gasteiger partial charge in [0.15, 0.2) is 6.10 Å². The Bertz CT molecular complexity index is 1290. The standard InChI is InChI=1S/C30H32F4O8/c1-17(35)38-15-27-28(41-19(3)37)26(40-18(2)36)14-25(42-27)21-6-9-24(31)22(13-21)12-20-4-7-23(8-5-20)39-16-29(10-11-29)30(32,33)34/h4-9,13,25-28H,10-12,14-16H2,1-3H3/t25-,26-,27-,28+/m1/s1. The summed E-state index contributed by atoms with van der Waals surface area (Å²) < 4.78 is 81.8. The molecule has 1 heterocycles. The lowest BCUT2D eigenvalue weighted by Crippen LogP contribution is -2.51. The van der Waals surface area contributed by atoms with Crippen LogP contribution in [-0.2, 0) is 39.8 Å². The molecule has 1 aliphatic heterocycles. The molecule has 4 atom stereocenters. The van der Waals surface area contributed by atoms with Crippen molar-refractivity contribution in [3.8, 4) is 5.75 Å². The lowest BCUT2D eigenvalue weighted by Gasteiger charge is -2.40. The van der Waals surface area contributed by atoms with Gasteiger partial charge in [0.2, 0.25) is 0 Å². The third-order valence-electron chi connectivity index (χ3n) is 7.32. The summed E-state index contributed by atoms with van der Waals surface area (Å²) in [5.41, 5.74) is -0.207. The van der Waals surface area contributed by atoms with Gasteiger partial charge in [0.25, 0.3) is 0 Å².